The van der Waals surface area contributed by atoms with Crippen molar-refractivity contribution in [3.8, 4) is 11.4 Å². The van der Waals surface area contributed by atoms with Gasteiger partial charge in [-0.2, -0.15) is 0 Å². The number of hydrogen-bond donors (Lipinski definition) is 0. The molecule has 0 spiro atoms. The zero-order valence-electron chi connectivity index (χ0n) is 30.5. The SMILES string of the molecule is Cc1cc(CCc2ccccc2)c(-n2cc[n+](-c3c(CCc4ccccc4)cc(C)cc3CCc3ccccc3)c2)c(CCc2ccccc2)c1.[Cl-]. The van der Waals surface area contributed by atoms with Crippen molar-refractivity contribution < 1.29 is 17.0 Å². The summed E-state index contributed by atoms with van der Waals surface area (Å²) in [7, 11) is 0. The van der Waals surface area contributed by atoms with Crippen molar-refractivity contribution >= 4 is 0 Å². The molecule has 262 valence electrons. The molecule has 6 aromatic carbocycles. The molecule has 2 nitrogen and oxygen atoms in total. The summed E-state index contributed by atoms with van der Waals surface area (Å²) >= 11 is 0. The minimum atomic E-state index is 0. The summed E-state index contributed by atoms with van der Waals surface area (Å²) in [4.78, 5) is 0. The lowest BCUT2D eigenvalue weighted by Gasteiger charge is -2.15. The summed E-state index contributed by atoms with van der Waals surface area (Å²) in [5.74, 6) is 0. The number of imidazole rings is 1. The van der Waals surface area contributed by atoms with Gasteiger partial charge >= 0.3 is 0 Å². The molecule has 0 bridgehead atoms. The molecule has 0 aliphatic heterocycles. The number of hydrogen-bond acceptors (Lipinski definition) is 0. The van der Waals surface area contributed by atoms with Crippen LogP contribution in [0.15, 0.2) is 164 Å². The molecular weight excluding hydrogens is 652 g/mol. The van der Waals surface area contributed by atoms with E-state index in [4.69, 9.17) is 0 Å². The highest BCUT2D eigenvalue weighted by Gasteiger charge is 2.22. The van der Waals surface area contributed by atoms with Gasteiger partial charge in [-0.1, -0.05) is 157 Å². The summed E-state index contributed by atoms with van der Waals surface area (Å²) in [5.41, 5.74) is 16.4. The maximum atomic E-state index is 2.41. The molecular formula is C49H49ClN2. The van der Waals surface area contributed by atoms with Gasteiger partial charge in [0.05, 0.1) is 0 Å². The zero-order valence-corrected chi connectivity index (χ0v) is 31.3. The van der Waals surface area contributed by atoms with Crippen LogP contribution < -0.4 is 17.0 Å². The van der Waals surface area contributed by atoms with E-state index in [1.165, 1.54) is 67.0 Å². The number of halogens is 1. The van der Waals surface area contributed by atoms with Crippen molar-refractivity contribution in [2.75, 3.05) is 0 Å². The summed E-state index contributed by atoms with van der Waals surface area (Å²) < 4.78 is 4.81. The maximum absolute atomic E-state index is 2.41. The Morgan fingerprint density at radius 3 is 1.12 bits per heavy atom. The molecule has 7 rings (SSSR count). The topological polar surface area (TPSA) is 8.81 Å². The third-order valence-corrected chi connectivity index (χ3v) is 10.1. The Morgan fingerprint density at radius 1 is 0.423 bits per heavy atom. The normalized spacial score (nSPS) is 11.0. The van der Waals surface area contributed by atoms with E-state index in [9.17, 15) is 0 Å². The van der Waals surface area contributed by atoms with Crippen LogP contribution in [0.2, 0.25) is 0 Å². The molecule has 0 unspecified atom stereocenters. The highest BCUT2D eigenvalue weighted by atomic mass is 35.5. The minimum Gasteiger partial charge on any atom is -1.00 e. The van der Waals surface area contributed by atoms with E-state index in [1.807, 2.05) is 0 Å². The van der Waals surface area contributed by atoms with Gasteiger partial charge in [0.15, 0.2) is 0 Å². The summed E-state index contributed by atoms with van der Waals surface area (Å²) in [6, 6.07) is 53.3. The van der Waals surface area contributed by atoms with Gasteiger partial charge < -0.3 is 12.4 Å². The lowest BCUT2D eigenvalue weighted by atomic mass is 9.94. The summed E-state index contributed by atoms with van der Waals surface area (Å²) in [6.07, 6.45) is 14.9. The molecule has 3 heteroatoms. The quantitative estimate of drug-likeness (QED) is 0.104. The van der Waals surface area contributed by atoms with Gasteiger partial charge in [0.25, 0.3) is 6.33 Å². The molecule has 52 heavy (non-hydrogen) atoms. The summed E-state index contributed by atoms with van der Waals surface area (Å²) in [5, 5.41) is 0. The Bertz CT molecular complexity index is 1870. The van der Waals surface area contributed by atoms with Gasteiger partial charge in [0.2, 0.25) is 0 Å². The van der Waals surface area contributed by atoms with Crippen molar-refractivity contribution in [1.29, 1.82) is 0 Å². The standard InChI is InChI=1S/C49H49N2.ClH/c1-38-33-44(27-23-40-15-7-3-8-16-40)48(45(34-38)28-24-41-17-9-4-10-18-41)50-31-32-51(37-50)49-46(29-25-42-19-11-5-12-20-42)35-39(2)36-47(49)30-26-43-21-13-6-14-22-43;/h3-22,31-37H,23-30H2,1-2H3;1H/q+1;/p-1. The third kappa shape index (κ3) is 9.37. The lowest BCUT2D eigenvalue weighted by molar-refractivity contribution is -0.595. The Balaban J connectivity index is 0.00000464. The molecule has 1 heterocycles. The highest BCUT2D eigenvalue weighted by Crippen LogP contribution is 2.27. The first kappa shape index (κ1) is 36.6. The molecule has 0 N–H and O–H groups in total. The number of nitrogens with zero attached hydrogens (tertiary/aromatic N) is 2. The van der Waals surface area contributed by atoms with E-state index < -0.39 is 0 Å². The van der Waals surface area contributed by atoms with E-state index >= 15 is 0 Å². The van der Waals surface area contributed by atoms with E-state index in [-0.39, 0.29) is 12.4 Å². The summed E-state index contributed by atoms with van der Waals surface area (Å²) in [6.45, 7) is 4.50. The highest BCUT2D eigenvalue weighted by molar-refractivity contribution is 5.52. The van der Waals surface area contributed by atoms with Crippen LogP contribution in [0.25, 0.3) is 11.4 Å². The van der Waals surface area contributed by atoms with Crippen molar-refractivity contribution in [1.82, 2.24) is 4.57 Å². The molecule has 0 amide bonds. The second-order valence-electron chi connectivity index (χ2n) is 14.0. The van der Waals surface area contributed by atoms with Gasteiger partial charge in [0.1, 0.15) is 23.8 Å². The van der Waals surface area contributed by atoms with Crippen molar-refractivity contribution in [2.24, 2.45) is 0 Å². The molecule has 0 radical (unpaired) electrons. The molecule has 0 aliphatic carbocycles. The molecule has 7 aromatic rings. The predicted molar refractivity (Wildman–Crippen MR) is 212 cm³/mol. The fraction of sp³-hybridized carbons (Fsp3) is 0.204. The van der Waals surface area contributed by atoms with Crippen LogP contribution in [0.3, 0.4) is 0 Å². The zero-order chi connectivity index (χ0) is 34.8. The Kier molecular flexibility index (Phi) is 12.6. The molecule has 1 aromatic heterocycles. The fourth-order valence-corrected chi connectivity index (χ4v) is 7.61. The molecule has 0 fully saturated rings. The van der Waals surface area contributed by atoms with Crippen molar-refractivity contribution in [3.63, 3.8) is 0 Å². The van der Waals surface area contributed by atoms with Gasteiger partial charge in [-0.3, -0.25) is 0 Å². The second-order valence-corrected chi connectivity index (χ2v) is 14.0. The van der Waals surface area contributed by atoms with Crippen molar-refractivity contribution in [3.05, 3.63) is 220 Å². The first-order chi connectivity index (χ1) is 25.1. The van der Waals surface area contributed by atoms with Crippen LogP contribution in [0.5, 0.6) is 0 Å². The second kappa shape index (κ2) is 17.8. The van der Waals surface area contributed by atoms with Crippen LogP contribution in [0.1, 0.15) is 55.6 Å². The number of aryl methyl sites for hydroxylation is 10. The van der Waals surface area contributed by atoms with E-state index in [2.05, 4.69) is 187 Å². The van der Waals surface area contributed by atoms with Gasteiger partial charge in [-0.15, -0.1) is 0 Å². The Labute approximate surface area is 316 Å². The van der Waals surface area contributed by atoms with Crippen LogP contribution in [0, 0.1) is 13.8 Å². The van der Waals surface area contributed by atoms with E-state index in [0.29, 0.717) is 0 Å². The number of benzene rings is 6. The molecule has 0 saturated carbocycles. The molecule has 0 atom stereocenters. The Hall–Kier alpha value is -5.18. The minimum absolute atomic E-state index is 0. The third-order valence-electron chi connectivity index (χ3n) is 10.1. The van der Waals surface area contributed by atoms with Crippen LogP contribution in [0.4, 0.5) is 0 Å². The van der Waals surface area contributed by atoms with Crippen molar-refractivity contribution in [2.45, 2.75) is 65.2 Å². The average Bonchev–Trinajstić information content (AvgIpc) is 3.65. The maximum Gasteiger partial charge on any atom is 0.254 e. The number of rotatable bonds is 14. The average molecular weight is 701 g/mol. The lowest BCUT2D eigenvalue weighted by Crippen LogP contribution is -3.00. The fourth-order valence-electron chi connectivity index (χ4n) is 7.61. The first-order valence-electron chi connectivity index (χ1n) is 18.6. The van der Waals surface area contributed by atoms with Crippen LogP contribution in [-0.2, 0) is 51.4 Å². The van der Waals surface area contributed by atoms with Crippen LogP contribution in [-0.4, -0.2) is 4.57 Å². The smallest absolute Gasteiger partial charge is 0.254 e. The van der Waals surface area contributed by atoms with Gasteiger partial charge in [-0.05, 0) is 87.5 Å². The Morgan fingerprint density at radius 2 is 0.750 bits per heavy atom. The largest absolute Gasteiger partial charge is 1.00 e. The van der Waals surface area contributed by atoms with E-state index in [1.54, 1.807) is 0 Å². The van der Waals surface area contributed by atoms with Gasteiger partial charge in [0, 0.05) is 22.3 Å². The number of aromatic nitrogens is 2. The first-order valence-corrected chi connectivity index (χ1v) is 18.6. The van der Waals surface area contributed by atoms with Gasteiger partial charge in [-0.25, -0.2) is 9.13 Å². The predicted octanol–water partition coefficient (Wildman–Crippen LogP) is 7.52. The molecule has 0 aliphatic rings. The monoisotopic (exact) mass is 700 g/mol. The molecule has 0 saturated heterocycles. The van der Waals surface area contributed by atoms with E-state index in [0.717, 1.165) is 51.4 Å². The van der Waals surface area contributed by atoms with Crippen LogP contribution >= 0.6 is 0 Å².